The van der Waals surface area contributed by atoms with Crippen LogP contribution in [0.15, 0.2) is 18.2 Å². The first-order chi connectivity index (χ1) is 5.24. The predicted molar refractivity (Wildman–Crippen MR) is 48.1 cm³/mol. The van der Waals surface area contributed by atoms with Gasteiger partial charge in [0, 0.05) is 0 Å². The molecule has 0 saturated carbocycles. The molecule has 3 heteroatoms. The van der Waals surface area contributed by atoms with Crippen molar-refractivity contribution in [2.45, 2.75) is 0 Å². The van der Waals surface area contributed by atoms with Crippen LogP contribution in [0.4, 0.5) is 5.69 Å². The molecular formula is C8H8ClN2+. The third-order valence-electron chi connectivity index (χ3n) is 1.24. The Bertz CT molecular complexity index is 323. The van der Waals surface area contributed by atoms with Gasteiger partial charge >= 0.3 is 6.07 Å². The summed E-state index contributed by atoms with van der Waals surface area (Å²) < 4.78 is 0. The molecule has 1 aromatic rings. The van der Waals surface area contributed by atoms with Crippen molar-refractivity contribution in [1.82, 2.24) is 0 Å². The molecule has 2 N–H and O–H groups in total. The number of halogens is 1. The number of anilines is 1. The van der Waals surface area contributed by atoms with Gasteiger partial charge in [0.05, 0.1) is 10.7 Å². The fourth-order valence-electron chi connectivity index (χ4n) is 0.726. The first kappa shape index (κ1) is 7.90. The van der Waals surface area contributed by atoms with Crippen molar-refractivity contribution in [2.24, 2.45) is 0 Å². The molecule has 56 valence electrons. The van der Waals surface area contributed by atoms with Gasteiger partial charge in [0.15, 0.2) is 0 Å². The summed E-state index contributed by atoms with van der Waals surface area (Å²) >= 11 is 5.74. The van der Waals surface area contributed by atoms with Crippen LogP contribution in [0.2, 0.25) is 5.02 Å². The van der Waals surface area contributed by atoms with E-state index in [9.17, 15) is 0 Å². The van der Waals surface area contributed by atoms with E-state index >= 15 is 0 Å². The number of hydrogen-bond acceptors (Lipinski definition) is 1. The molecule has 11 heavy (non-hydrogen) atoms. The number of hydrogen-bond donors (Lipinski definition) is 1. The number of nitrogens with zero attached hydrogens (tertiary/aromatic N) is 1. The minimum atomic E-state index is 0.540. The van der Waals surface area contributed by atoms with Crippen molar-refractivity contribution < 1.29 is 0 Å². The van der Waals surface area contributed by atoms with Gasteiger partial charge in [0.2, 0.25) is 0 Å². The highest BCUT2D eigenvalue weighted by atomic mass is 35.5. The van der Waals surface area contributed by atoms with Gasteiger partial charge < -0.3 is 5.73 Å². The first-order valence-electron chi connectivity index (χ1n) is 3.14. The molecule has 0 aliphatic carbocycles. The van der Waals surface area contributed by atoms with E-state index in [1.165, 1.54) is 0 Å². The van der Waals surface area contributed by atoms with Crippen molar-refractivity contribution in [3.05, 3.63) is 33.6 Å². The van der Waals surface area contributed by atoms with E-state index in [4.69, 9.17) is 17.3 Å². The van der Waals surface area contributed by atoms with Gasteiger partial charge in [-0.1, -0.05) is 16.4 Å². The lowest BCUT2D eigenvalue weighted by atomic mass is 10.2. The zero-order valence-corrected chi connectivity index (χ0v) is 6.89. The minimum absolute atomic E-state index is 0.540. The van der Waals surface area contributed by atoms with Gasteiger partial charge in [-0.3, -0.25) is 0 Å². The summed E-state index contributed by atoms with van der Waals surface area (Å²) in [6.07, 6.45) is 0. The molecule has 0 bridgehead atoms. The second-order valence-corrected chi connectivity index (χ2v) is 2.48. The fraction of sp³-hybridized carbons (Fsp3) is 0.125. The van der Waals surface area contributed by atoms with Crippen LogP contribution in [0.1, 0.15) is 5.56 Å². The van der Waals surface area contributed by atoms with Crippen LogP contribution in [0.3, 0.4) is 0 Å². The average Bonchev–Trinajstić information content (AvgIpc) is 1.98. The fourth-order valence-corrected chi connectivity index (χ4v) is 0.906. The normalized spacial score (nSPS) is 8.55. The van der Waals surface area contributed by atoms with Gasteiger partial charge in [-0.25, -0.2) is 0 Å². The Labute approximate surface area is 70.4 Å². The molecule has 0 radical (unpaired) electrons. The summed E-state index contributed by atoms with van der Waals surface area (Å²) in [5.41, 5.74) is 6.91. The summed E-state index contributed by atoms with van der Waals surface area (Å²) in [7, 11) is 1.66. The zero-order valence-electron chi connectivity index (χ0n) is 6.13. The van der Waals surface area contributed by atoms with Gasteiger partial charge in [0.25, 0.3) is 7.05 Å². The SMILES string of the molecule is C[N+]#Cc1ccc(N)c(Cl)c1. The molecule has 0 aliphatic heterocycles. The lowest BCUT2D eigenvalue weighted by molar-refractivity contribution is 1.62. The Kier molecular flexibility index (Phi) is 2.35. The van der Waals surface area contributed by atoms with Crippen molar-refractivity contribution in [2.75, 3.05) is 12.8 Å². The Balaban J connectivity index is 3.12. The Morgan fingerprint density at radius 3 is 2.82 bits per heavy atom. The minimum Gasteiger partial charge on any atom is -0.398 e. The van der Waals surface area contributed by atoms with E-state index < -0.39 is 0 Å². The first-order valence-corrected chi connectivity index (χ1v) is 3.51. The molecular weight excluding hydrogens is 160 g/mol. The second kappa shape index (κ2) is 3.27. The highest BCUT2D eigenvalue weighted by molar-refractivity contribution is 6.33. The van der Waals surface area contributed by atoms with E-state index in [-0.39, 0.29) is 0 Å². The standard InChI is InChI=1S/C8H7ClN2/c1-11-5-6-2-3-8(10)7(9)4-6/h2-4,10H,1H3/p+1. The maximum Gasteiger partial charge on any atom is 0.310 e. The summed E-state index contributed by atoms with van der Waals surface area (Å²) in [4.78, 5) is 3.73. The smallest absolute Gasteiger partial charge is 0.310 e. The third-order valence-corrected chi connectivity index (χ3v) is 1.57. The van der Waals surface area contributed by atoms with Crippen LogP contribution in [-0.2, 0) is 0 Å². The molecule has 2 nitrogen and oxygen atoms in total. The van der Waals surface area contributed by atoms with Gasteiger partial charge in [-0.05, 0) is 18.2 Å². The van der Waals surface area contributed by atoms with Crippen LogP contribution in [0.25, 0.3) is 4.85 Å². The third kappa shape index (κ3) is 1.86. The van der Waals surface area contributed by atoms with E-state index in [1.807, 2.05) is 6.07 Å². The lowest BCUT2D eigenvalue weighted by Gasteiger charge is -1.93. The van der Waals surface area contributed by atoms with Crippen LogP contribution in [0, 0.1) is 6.07 Å². The Morgan fingerprint density at radius 1 is 1.55 bits per heavy atom. The molecule has 0 aliphatic rings. The number of rotatable bonds is 0. The molecule has 0 amide bonds. The summed E-state index contributed by atoms with van der Waals surface area (Å²) in [5.74, 6) is 0. The number of nitrogen functional groups attached to an aromatic ring is 1. The van der Waals surface area contributed by atoms with Crippen molar-refractivity contribution in [1.29, 1.82) is 0 Å². The number of nitrogens with two attached hydrogens (primary N) is 1. The van der Waals surface area contributed by atoms with Crippen molar-refractivity contribution in [3.8, 4) is 6.07 Å². The van der Waals surface area contributed by atoms with Crippen molar-refractivity contribution in [3.63, 3.8) is 0 Å². The molecule has 0 atom stereocenters. The van der Waals surface area contributed by atoms with Gasteiger partial charge in [0.1, 0.15) is 5.56 Å². The summed E-state index contributed by atoms with van der Waals surface area (Å²) in [6, 6.07) is 8.03. The monoisotopic (exact) mass is 167 g/mol. The van der Waals surface area contributed by atoms with Gasteiger partial charge in [-0.15, -0.1) is 0 Å². The van der Waals surface area contributed by atoms with Crippen LogP contribution in [-0.4, -0.2) is 7.05 Å². The summed E-state index contributed by atoms with van der Waals surface area (Å²) in [6.45, 7) is 0. The van der Waals surface area contributed by atoms with E-state index in [1.54, 1.807) is 19.2 Å². The largest absolute Gasteiger partial charge is 0.398 e. The van der Waals surface area contributed by atoms with Crippen LogP contribution in [0.5, 0.6) is 0 Å². The van der Waals surface area contributed by atoms with Crippen LogP contribution >= 0.6 is 11.6 Å². The lowest BCUT2D eigenvalue weighted by Crippen LogP contribution is -1.85. The second-order valence-electron chi connectivity index (χ2n) is 2.07. The maximum atomic E-state index is 5.74. The van der Waals surface area contributed by atoms with Crippen LogP contribution < -0.4 is 5.73 Å². The molecule has 0 spiro atoms. The molecule has 1 aromatic carbocycles. The maximum absolute atomic E-state index is 5.74. The molecule has 0 aromatic heterocycles. The molecule has 0 unspecified atom stereocenters. The highest BCUT2D eigenvalue weighted by Crippen LogP contribution is 2.18. The predicted octanol–water partition coefficient (Wildman–Crippen LogP) is 2.23. The molecule has 1 rings (SSSR count). The van der Waals surface area contributed by atoms with Crippen molar-refractivity contribution >= 4 is 17.3 Å². The quantitative estimate of drug-likeness (QED) is 0.591. The highest BCUT2D eigenvalue weighted by Gasteiger charge is 1.98. The Morgan fingerprint density at radius 2 is 2.27 bits per heavy atom. The van der Waals surface area contributed by atoms with Gasteiger partial charge in [-0.2, -0.15) is 0 Å². The summed E-state index contributed by atoms with van der Waals surface area (Å²) in [5, 5.41) is 0.540. The van der Waals surface area contributed by atoms with E-state index in [0.29, 0.717) is 10.7 Å². The topological polar surface area (TPSA) is 30.4 Å². The van der Waals surface area contributed by atoms with E-state index in [2.05, 4.69) is 10.9 Å². The zero-order chi connectivity index (χ0) is 8.27. The average molecular weight is 168 g/mol. The molecule has 0 saturated heterocycles. The Hall–Kier alpha value is -1.20. The number of benzene rings is 1. The molecule has 0 fully saturated rings. The van der Waals surface area contributed by atoms with E-state index in [0.717, 1.165) is 5.56 Å². The molecule has 0 heterocycles.